The van der Waals surface area contributed by atoms with Crippen molar-refractivity contribution in [3.63, 3.8) is 0 Å². The molecular formula is C16H17NO3. The molecule has 0 bridgehead atoms. The van der Waals surface area contributed by atoms with Gasteiger partial charge in [-0.15, -0.1) is 0 Å². The molecule has 0 aliphatic rings. The van der Waals surface area contributed by atoms with Crippen molar-refractivity contribution >= 4 is 5.91 Å². The Labute approximate surface area is 118 Å². The Morgan fingerprint density at radius 3 is 2.25 bits per heavy atom. The molecule has 2 rings (SSSR count). The molecule has 0 unspecified atom stereocenters. The van der Waals surface area contributed by atoms with Crippen molar-refractivity contribution in [2.75, 3.05) is 7.11 Å². The first kappa shape index (κ1) is 14.2. The molecule has 0 aliphatic carbocycles. The summed E-state index contributed by atoms with van der Waals surface area (Å²) >= 11 is 0. The zero-order valence-corrected chi connectivity index (χ0v) is 11.3. The highest BCUT2D eigenvalue weighted by Crippen LogP contribution is 2.06. The number of rotatable bonds is 6. The molecule has 2 aromatic rings. The number of ether oxygens (including phenoxy) is 1. The lowest BCUT2D eigenvalue weighted by molar-refractivity contribution is 0.0233. The molecule has 104 valence electrons. The second kappa shape index (κ2) is 7.43. The molecule has 1 amide bonds. The molecule has 0 saturated carbocycles. The van der Waals surface area contributed by atoms with Gasteiger partial charge in [0.05, 0.1) is 13.2 Å². The third kappa shape index (κ3) is 4.19. The van der Waals surface area contributed by atoms with Crippen LogP contribution in [0.5, 0.6) is 0 Å². The topological polar surface area (TPSA) is 47.6 Å². The molecular weight excluding hydrogens is 254 g/mol. The third-order valence-corrected chi connectivity index (χ3v) is 2.77. The van der Waals surface area contributed by atoms with Gasteiger partial charge in [-0.25, -0.2) is 5.48 Å². The number of carbonyl (C=O) groups is 1. The van der Waals surface area contributed by atoms with Crippen LogP contribution in [0, 0.1) is 0 Å². The summed E-state index contributed by atoms with van der Waals surface area (Å²) in [6, 6.07) is 16.9. The first-order chi connectivity index (χ1) is 9.79. The van der Waals surface area contributed by atoms with Crippen LogP contribution >= 0.6 is 0 Å². The van der Waals surface area contributed by atoms with Crippen molar-refractivity contribution in [1.82, 2.24) is 5.48 Å². The van der Waals surface area contributed by atoms with Crippen molar-refractivity contribution in [3.8, 4) is 0 Å². The molecule has 2 aromatic carbocycles. The second-order valence-electron chi connectivity index (χ2n) is 4.34. The molecule has 0 fully saturated rings. The van der Waals surface area contributed by atoms with Gasteiger partial charge in [0.15, 0.2) is 0 Å². The van der Waals surface area contributed by atoms with E-state index in [1.165, 1.54) is 0 Å². The van der Waals surface area contributed by atoms with Crippen LogP contribution in [0.3, 0.4) is 0 Å². The highest BCUT2D eigenvalue weighted by molar-refractivity contribution is 5.93. The van der Waals surface area contributed by atoms with E-state index >= 15 is 0 Å². The van der Waals surface area contributed by atoms with Crippen molar-refractivity contribution in [3.05, 3.63) is 71.3 Å². The van der Waals surface area contributed by atoms with E-state index in [4.69, 9.17) is 9.57 Å². The molecule has 20 heavy (non-hydrogen) atoms. The summed E-state index contributed by atoms with van der Waals surface area (Å²) in [5.74, 6) is -0.259. The van der Waals surface area contributed by atoms with E-state index in [2.05, 4.69) is 5.48 Å². The standard InChI is InChI=1S/C16H17NO3/c1-19-11-14-7-9-15(10-8-14)16(18)17-20-12-13-5-3-2-4-6-13/h2-10H,11-12H2,1H3,(H,17,18). The number of amides is 1. The van der Waals surface area contributed by atoms with E-state index in [0.717, 1.165) is 11.1 Å². The molecule has 4 nitrogen and oxygen atoms in total. The van der Waals surface area contributed by atoms with Crippen LogP contribution in [0.15, 0.2) is 54.6 Å². The van der Waals surface area contributed by atoms with Gasteiger partial charge in [0.1, 0.15) is 0 Å². The number of carbonyl (C=O) groups excluding carboxylic acids is 1. The zero-order chi connectivity index (χ0) is 14.2. The summed E-state index contributed by atoms with van der Waals surface area (Å²) in [5.41, 5.74) is 5.01. The van der Waals surface area contributed by atoms with Gasteiger partial charge in [-0.2, -0.15) is 0 Å². The van der Waals surface area contributed by atoms with E-state index in [1.54, 1.807) is 19.2 Å². The van der Waals surface area contributed by atoms with Gasteiger partial charge in [0.2, 0.25) is 0 Å². The summed E-state index contributed by atoms with van der Waals surface area (Å²) in [7, 11) is 1.64. The molecule has 0 radical (unpaired) electrons. The van der Waals surface area contributed by atoms with E-state index in [1.807, 2.05) is 42.5 Å². The Bertz CT molecular complexity index is 537. The van der Waals surface area contributed by atoms with Gasteiger partial charge in [0, 0.05) is 12.7 Å². The predicted octanol–water partition coefficient (Wildman–Crippen LogP) is 2.69. The molecule has 0 aromatic heterocycles. The fraction of sp³-hybridized carbons (Fsp3) is 0.188. The summed E-state index contributed by atoms with van der Waals surface area (Å²) < 4.78 is 5.02. The van der Waals surface area contributed by atoms with E-state index in [9.17, 15) is 4.79 Å². The largest absolute Gasteiger partial charge is 0.380 e. The normalized spacial score (nSPS) is 10.2. The Morgan fingerprint density at radius 2 is 1.60 bits per heavy atom. The first-order valence-corrected chi connectivity index (χ1v) is 6.33. The van der Waals surface area contributed by atoms with Crippen molar-refractivity contribution in [2.24, 2.45) is 0 Å². The molecule has 0 atom stereocenters. The maximum absolute atomic E-state index is 11.8. The van der Waals surface area contributed by atoms with Crippen LogP contribution in [0.2, 0.25) is 0 Å². The number of hydroxylamine groups is 1. The van der Waals surface area contributed by atoms with Crippen LogP contribution in [-0.2, 0) is 22.8 Å². The monoisotopic (exact) mass is 271 g/mol. The first-order valence-electron chi connectivity index (χ1n) is 6.33. The Balaban J connectivity index is 1.82. The Hall–Kier alpha value is -2.17. The fourth-order valence-electron chi connectivity index (χ4n) is 1.74. The smallest absolute Gasteiger partial charge is 0.274 e. The van der Waals surface area contributed by atoms with Gasteiger partial charge in [-0.3, -0.25) is 9.63 Å². The number of hydrogen-bond acceptors (Lipinski definition) is 3. The summed E-state index contributed by atoms with van der Waals surface area (Å²) in [6.45, 7) is 0.876. The lowest BCUT2D eigenvalue weighted by atomic mass is 10.1. The minimum atomic E-state index is -0.259. The van der Waals surface area contributed by atoms with Crippen LogP contribution in [0.4, 0.5) is 0 Å². The van der Waals surface area contributed by atoms with Gasteiger partial charge >= 0.3 is 0 Å². The highest BCUT2D eigenvalue weighted by atomic mass is 16.6. The minimum Gasteiger partial charge on any atom is -0.380 e. The van der Waals surface area contributed by atoms with Gasteiger partial charge < -0.3 is 4.74 Å². The third-order valence-electron chi connectivity index (χ3n) is 2.77. The molecule has 0 saturated heterocycles. The van der Waals surface area contributed by atoms with E-state index in [0.29, 0.717) is 18.8 Å². The predicted molar refractivity (Wildman–Crippen MR) is 75.9 cm³/mol. The van der Waals surface area contributed by atoms with E-state index in [-0.39, 0.29) is 5.91 Å². The molecule has 0 aliphatic heterocycles. The van der Waals surface area contributed by atoms with Crippen LogP contribution < -0.4 is 5.48 Å². The Kier molecular flexibility index (Phi) is 5.29. The summed E-state index contributed by atoms with van der Waals surface area (Å²) in [4.78, 5) is 17.0. The van der Waals surface area contributed by atoms with Crippen molar-refractivity contribution in [2.45, 2.75) is 13.2 Å². The second-order valence-corrected chi connectivity index (χ2v) is 4.34. The summed E-state index contributed by atoms with van der Waals surface area (Å²) in [5, 5.41) is 0. The SMILES string of the molecule is COCc1ccc(C(=O)NOCc2ccccc2)cc1. The minimum absolute atomic E-state index is 0.259. The number of nitrogens with one attached hydrogen (secondary N) is 1. The average Bonchev–Trinajstić information content (AvgIpc) is 2.49. The lowest BCUT2D eigenvalue weighted by Gasteiger charge is -2.06. The Morgan fingerprint density at radius 1 is 0.950 bits per heavy atom. The van der Waals surface area contributed by atoms with Crippen molar-refractivity contribution < 1.29 is 14.4 Å². The number of benzene rings is 2. The lowest BCUT2D eigenvalue weighted by Crippen LogP contribution is -2.23. The van der Waals surface area contributed by atoms with Gasteiger partial charge in [0.25, 0.3) is 5.91 Å². The maximum atomic E-state index is 11.8. The quantitative estimate of drug-likeness (QED) is 0.822. The molecule has 0 heterocycles. The fourth-order valence-corrected chi connectivity index (χ4v) is 1.74. The maximum Gasteiger partial charge on any atom is 0.274 e. The zero-order valence-electron chi connectivity index (χ0n) is 11.3. The van der Waals surface area contributed by atoms with Gasteiger partial charge in [-0.05, 0) is 23.3 Å². The molecule has 0 spiro atoms. The highest BCUT2D eigenvalue weighted by Gasteiger charge is 2.05. The average molecular weight is 271 g/mol. The van der Waals surface area contributed by atoms with Crippen LogP contribution in [0.1, 0.15) is 21.5 Å². The van der Waals surface area contributed by atoms with Crippen molar-refractivity contribution in [1.29, 1.82) is 0 Å². The molecule has 4 heteroatoms. The summed E-state index contributed by atoms with van der Waals surface area (Å²) in [6.07, 6.45) is 0. The van der Waals surface area contributed by atoms with Gasteiger partial charge in [-0.1, -0.05) is 42.5 Å². The van der Waals surface area contributed by atoms with Crippen LogP contribution in [-0.4, -0.2) is 13.0 Å². The van der Waals surface area contributed by atoms with E-state index < -0.39 is 0 Å². The number of methoxy groups -OCH3 is 1. The number of hydrogen-bond donors (Lipinski definition) is 1. The molecule has 1 N–H and O–H groups in total. The van der Waals surface area contributed by atoms with Crippen LogP contribution in [0.25, 0.3) is 0 Å².